The van der Waals surface area contributed by atoms with Crippen molar-refractivity contribution in [2.75, 3.05) is 0 Å². The summed E-state index contributed by atoms with van der Waals surface area (Å²) < 4.78 is 10.9. The van der Waals surface area contributed by atoms with Crippen LogP contribution in [-0.4, -0.2) is 22.0 Å². The number of carbonyl (C=O) groups is 1. The predicted molar refractivity (Wildman–Crippen MR) is 73.1 cm³/mol. The molecule has 21 heavy (non-hydrogen) atoms. The highest BCUT2D eigenvalue weighted by atomic mass is 16.8. The molecule has 2 N–H and O–H groups in total. The molecule has 0 amide bonds. The van der Waals surface area contributed by atoms with Gasteiger partial charge < -0.3 is 19.7 Å². The molecule has 4 rings (SSSR count). The van der Waals surface area contributed by atoms with Crippen molar-refractivity contribution in [1.29, 1.82) is 0 Å². The topological polar surface area (TPSA) is 76.0 Å². The Kier molecular flexibility index (Phi) is 2.21. The van der Waals surface area contributed by atoms with E-state index in [1.165, 1.54) is 24.3 Å². The number of aromatic hydroxyl groups is 1. The number of hydrogen-bond donors (Lipinski definition) is 2. The van der Waals surface area contributed by atoms with Crippen LogP contribution in [0.5, 0.6) is 17.2 Å². The zero-order valence-electron chi connectivity index (χ0n) is 10.7. The molecule has 0 fully saturated rings. The Morgan fingerprint density at radius 2 is 1.76 bits per heavy atom. The highest BCUT2D eigenvalue weighted by Crippen LogP contribution is 2.42. The second-order valence-corrected chi connectivity index (χ2v) is 4.89. The lowest BCUT2D eigenvalue weighted by Gasteiger charge is -2.37. The Bertz CT molecular complexity index is 808. The van der Waals surface area contributed by atoms with Crippen LogP contribution >= 0.6 is 0 Å². The zero-order valence-corrected chi connectivity index (χ0v) is 10.7. The SMILES string of the molecule is O=C1C2=Cc3ccccc3OC2(O)Oc2ccc(O)cc21. The first-order chi connectivity index (χ1) is 10.1. The summed E-state index contributed by atoms with van der Waals surface area (Å²) in [5.74, 6) is -2.04. The molecule has 0 bridgehead atoms. The van der Waals surface area contributed by atoms with Crippen LogP contribution in [0, 0.1) is 0 Å². The molecular formula is C16H10O5. The van der Waals surface area contributed by atoms with Gasteiger partial charge in [-0.15, -0.1) is 0 Å². The summed E-state index contributed by atoms with van der Waals surface area (Å²) in [6.07, 6.45) is 1.54. The minimum absolute atomic E-state index is 0.0145. The van der Waals surface area contributed by atoms with Crippen LogP contribution in [0.3, 0.4) is 0 Å². The Balaban J connectivity index is 1.93. The summed E-state index contributed by atoms with van der Waals surface area (Å²) in [4.78, 5) is 12.5. The standard InChI is InChI=1S/C16H10O5/c17-10-5-6-14-11(8-10)15(18)12-7-9-3-1-2-4-13(9)20-16(12,19)21-14/h1-8,17,19H. The highest BCUT2D eigenvalue weighted by Gasteiger charge is 2.49. The number of Topliss-reactive ketones (excluding diaryl/α,β-unsaturated/α-hetero) is 1. The minimum Gasteiger partial charge on any atom is -0.508 e. The molecule has 5 nitrogen and oxygen atoms in total. The maximum Gasteiger partial charge on any atom is 0.403 e. The van der Waals surface area contributed by atoms with Gasteiger partial charge in [0.15, 0.2) is 0 Å². The van der Waals surface area contributed by atoms with Crippen molar-refractivity contribution in [3.63, 3.8) is 0 Å². The molecule has 2 heterocycles. The Hall–Kier alpha value is -2.79. The Morgan fingerprint density at radius 3 is 2.62 bits per heavy atom. The van der Waals surface area contributed by atoms with Crippen molar-refractivity contribution < 1.29 is 24.5 Å². The number of rotatable bonds is 0. The number of phenolic OH excluding ortho intramolecular Hbond substituents is 1. The lowest BCUT2D eigenvalue weighted by molar-refractivity contribution is -0.243. The smallest absolute Gasteiger partial charge is 0.403 e. The second kappa shape index (κ2) is 3.86. The average molecular weight is 282 g/mol. The van der Waals surface area contributed by atoms with Gasteiger partial charge >= 0.3 is 5.97 Å². The van der Waals surface area contributed by atoms with E-state index in [-0.39, 0.29) is 22.6 Å². The summed E-state index contributed by atoms with van der Waals surface area (Å²) in [6.45, 7) is 0. The van der Waals surface area contributed by atoms with E-state index in [9.17, 15) is 15.0 Å². The van der Waals surface area contributed by atoms with Crippen molar-refractivity contribution in [3.8, 4) is 17.2 Å². The quantitative estimate of drug-likeness (QED) is 0.773. The lowest BCUT2D eigenvalue weighted by atomic mass is 9.93. The zero-order chi connectivity index (χ0) is 14.6. The van der Waals surface area contributed by atoms with Gasteiger partial charge in [-0.3, -0.25) is 4.79 Å². The van der Waals surface area contributed by atoms with Gasteiger partial charge in [0, 0.05) is 5.56 Å². The van der Waals surface area contributed by atoms with E-state index in [1.54, 1.807) is 24.3 Å². The lowest BCUT2D eigenvalue weighted by Crippen LogP contribution is -2.50. The van der Waals surface area contributed by atoms with Gasteiger partial charge in [-0.25, -0.2) is 0 Å². The van der Waals surface area contributed by atoms with Crippen molar-refractivity contribution in [2.45, 2.75) is 5.97 Å². The monoisotopic (exact) mass is 282 g/mol. The number of carbonyl (C=O) groups excluding carboxylic acids is 1. The summed E-state index contributed by atoms with van der Waals surface area (Å²) in [5, 5.41) is 20.0. The molecule has 104 valence electrons. The largest absolute Gasteiger partial charge is 0.508 e. The van der Waals surface area contributed by atoms with Crippen molar-refractivity contribution >= 4 is 11.9 Å². The van der Waals surface area contributed by atoms with Gasteiger partial charge in [0.1, 0.15) is 22.8 Å². The number of benzene rings is 2. The Morgan fingerprint density at radius 1 is 1.00 bits per heavy atom. The minimum atomic E-state index is -2.14. The maximum absolute atomic E-state index is 12.5. The van der Waals surface area contributed by atoms with Crippen molar-refractivity contribution in [2.24, 2.45) is 0 Å². The fourth-order valence-electron chi connectivity index (χ4n) is 2.51. The van der Waals surface area contributed by atoms with Crippen molar-refractivity contribution in [1.82, 2.24) is 0 Å². The molecule has 0 saturated heterocycles. The third-order valence-corrected chi connectivity index (χ3v) is 3.51. The first kappa shape index (κ1) is 12.0. The normalized spacial score (nSPS) is 22.1. The van der Waals surface area contributed by atoms with Gasteiger partial charge in [0.2, 0.25) is 5.78 Å². The highest BCUT2D eigenvalue weighted by molar-refractivity contribution is 6.15. The van der Waals surface area contributed by atoms with E-state index >= 15 is 0 Å². The summed E-state index contributed by atoms with van der Waals surface area (Å²) in [5.41, 5.74) is 0.853. The molecule has 2 aliphatic heterocycles. The van der Waals surface area contributed by atoms with E-state index in [2.05, 4.69) is 0 Å². The summed E-state index contributed by atoms with van der Waals surface area (Å²) >= 11 is 0. The number of ether oxygens (including phenoxy) is 2. The molecule has 0 aliphatic carbocycles. The van der Waals surface area contributed by atoms with Crippen LogP contribution in [0.2, 0.25) is 0 Å². The van der Waals surface area contributed by atoms with Gasteiger partial charge in [0.25, 0.3) is 0 Å². The predicted octanol–water partition coefficient (Wildman–Crippen LogP) is 2.09. The first-order valence-corrected chi connectivity index (χ1v) is 6.36. The van der Waals surface area contributed by atoms with Gasteiger partial charge in [-0.1, -0.05) is 18.2 Å². The fraction of sp³-hybridized carbons (Fsp3) is 0.0625. The van der Waals surface area contributed by atoms with E-state index in [1.807, 2.05) is 0 Å². The van der Waals surface area contributed by atoms with Crippen LogP contribution < -0.4 is 9.47 Å². The molecule has 5 heteroatoms. The number of phenols is 1. The number of ketones is 1. The fourth-order valence-corrected chi connectivity index (χ4v) is 2.51. The van der Waals surface area contributed by atoms with Crippen LogP contribution in [-0.2, 0) is 0 Å². The maximum atomic E-state index is 12.5. The van der Waals surface area contributed by atoms with E-state index in [4.69, 9.17) is 9.47 Å². The number of para-hydroxylation sites is 1. The van der Waals surface area contributed by atoms with Gasteiger partial charge in [0.05, 0.1) is 5.56 Å². The second-order valence-electron chi connectivity index (χ2n) is 4.89. The van der Waals surface area contributed by atoms with Gasteiger partial charge in [-0.05, 0) is 30.3 Å². The first-order valence-electron chi connectivity index (χ1n) is 6.36. The number of aliphatic hydroxyl groups is 1. The molecule has 0 spiro atoms. The molecular weight excluding hydrogens is 272 g/mol. The molecule has 1 unspecified atom stereocenters. The third kappa shape index (κ3) is 1.64. The molecule has 0 radical (unpaired) electrons. The molecule has 2 aliphatic rings. The van der Waals surface area contributed by atoms with E-state index < -0.39 is 11.8 Å². The molecule has 0 saturated carbocycles. The van der Waals surface area contributed by atoms with E-state index in [0.717, 1.165) is 0 Å². The van der Waals surface area contributed by atoms with E-state index in [0.29, 0.717) is 11.3 Å². The van der Waals surface area contributed by atoms with Crippen LogP contribution in [0.4, 0.5) is 0 Å². The average Bonchev–Trinajstić information content (AvgIpc) is 2.46. The molecule has 1 atom stereocenters. The molecule has 2 aromatic rings. The van der Waals surface area contributed by atoms with Gasteiger partial charge in [-0.2, -0.15) is 0 Å². The molecule has 0 aromatic heterocycles. The summed E-state index contributed by atoms with van der Waals surface area (Å²) in [6, 6.07) is 11.1. The Labute approximate surface area is 119 Å². The van der Waals surface area contributed by atoms with Crippen LogP contribution in [0.15, 0.2) is 48.0 Å². The third-order valence-electron chi connectivity index (χ3n) is 3.51. The van der Waals surface area contributed by atoms with Crippen molar-refractivity contribution in [3.05, 3.63) is 59.2 Å². The number of fused-ring (bicyclic) bond motifs is 3. The number of hydrogen-bond acceptors (Lipinski definition) is 5. The van der Waals surface area contributed by atoms with Crippen LogP contribution in [0.1, 0.15) is 15.9 Å². The summed E-state index contributed by atoms with van der Waals surface area (Å²) in [7, 11) is 0. The molecule has 2 aromatic carbocycles. The van der Waals surface area contributed by atoms with Crippen LogP contribution in [0.25, 0.3) is 6.08 Å².